The molecule has 1 aromatic rings. The molecule has 1 N–H and O–H groups in total. The molecule has 0 bridgehead atoms. The lowest BCUT2D eigenvalue weighted by Gasteiger charge is -2.49. The summed E-state index contributed by atoms with van der Waals surface area (Å²) >= 11 is 0. The van der Waals surface area contributed by atoms with Crippen LogP contribution < -0.4 is 5.32 Å². The Labute approximate surface area is 138 Å². The topological polar surface area (TPSA) is 53.4 Å². The Morgan fingerprint density at radius 2 is 2.22 bits per heavy atom. The predicted molar refractivity (Wildman–Crippen MR) is 90.1 cm³/mol. The lowest BCUT2D eigenvalue weighted by atomic mass is 9.98. The second-order valence-corrected chi connectivity index (χ2v) is 6.91. The largest absolute Gasteiger partial charge is 0.334 e. The van der Waals surface area contributed by atoms with Crippen LogP contribution in [0, 0.1) is 0 Å². The molecule has 1 unspecified atom stereocenters. The maximum absolute atomic E-state index is 12.2. The van der Waals surface area contributed by atoms with Crippen molar-refractivity contribution in [1.82, 2.24) is 24.9 Å². The maximum atomic E-state index is 12.2. The lowest BCUT2D eigenvalue weighted by molar-refractivity contribution is 0.0169. The molecule has 0 saturated carbocycles. The molecule has 0 aromatic carbocycles. The number of hydrogen-bond donors (Lipinski definition) is 1. The lowest BCUT2D eigenvalue weighted by Crippen LogP contribution is -2.64. The zero-order valence-corrected chi connectivity index (χ0v) is 14.4. The fraction of sp³-hybridized carbons (Fsp3) is 0.765. The summed E-state index contributed by atoms with van der Waals surface area (Å²) in [5.41, 5.74) is 1.06. The van der Waals surface area contributed by atoms with E-state index in [9.17, 15) is 4.79 Å². The molecule has 2 fully saturated rings. The van der Waals surface area contributed by atoms with Crippen molar-refractivity contribution < 1.29 is 4.79 Å². The van der Waals surface area contributed by atoms with Gasteiger partial charge < -0.3 is 10.2 Å². The number of piperidine rings is 1. The Balaban J connectivity index is 1.40. The third-order valence-corrected chi connectivity index (χ3v) is 5.06. The molecule has 2 saturated heterocycles. The summed E-state index contributed by atoms with van der Waals surface area (Å²) in [5.74, 6) is 0. The summed E-state index contributed by atoms with van der Waals surface area (Å²) in [5, 5.41) is 7.30. The number of aromatic nitrogens is 2. The van der Waals surface area contributed by atoms with Gasteiger partial charge in [0.25, 0.3) is 0 Å². The van der Waals surface area contributed by atoms with Crippen LogP contribution in [-0.2, 0) is 13.1 Å². The first kappa shape index (κ1) is 16.3. The van der Waals surface area contributed by atoms with Crippen molar-refractivity contribution in [2.24, 2.45) is 0 Å². The average molecular weight is 319 g/mol. The number of rotatable bonds is 5. The number of nitrogens with zero attached hydrogens (tertiary/aromatic N) is 4. The number of carbonyl (C=O) groups is 1. The molecule has 6 heteroatoms. The third kappa shape index (κ3) is 3.86. The van der Waals surface area contributed by atoms with E-state index in [0.717, 1.165) is 31.6 Å². The minimum Gasteiger partial charge on any atom is -0.334 e. The molecule has 3 rings (SSSR count). The van der Waals surface area contributed by atoms with E-state index in [2.05, 4.69) is 29.2 Å². The second kappa shape index (κ2) is 7.34. The monoisotopic (exact) mass is 319 g/mol. The smallest absolute Gasteiger partial charge is 0.317 e. The Morgan fingerprint density at radius 3 is 2.96 bits per heavy atom. The van der Waals surface area contributed by atoms with Gasteiger partial charge in [0.05, 0.1) is 6.20 Å². The van der Waals surface area contributed by atoms with E-state index in [0.29, 0.717) is 18.6 Å². The number of aryl methyl sites for hydroxylation is 1. The molecule has 3 heterocycles. The Kier molecular flexibility index (Phi) is 5.20. The van der Waals surface area contributed by atoms with Crippen molar-refractivity contribution in [3.8, 4) is 0 Å². The van der Waals surface area contributed by atoms with Crippen LogP contribution in [0.15, 0.2) is 12.4 Å². The fourth-order valence-electron chi connectivity index (χ4n) is 3.63. The third-order valence-electron chi connectivity index (χ3n) is 5.06. The molecule has 6 nitrogen and oxygen atoms in total. The van der Waals surface area contributed by atoms with Crippen molar-refractivity contribution in [2.45, 2.75) is 64.7 Å². The maximum Gasteiger partial charge on any atom is 0.317 e. The number of urea groups is 1. The van der Waals surface area contributed by atoms with Crippen molar-refractivity contribution in [2.75, 3.05) is 19.6 Å². The first-order valence-corrected chi connectivity index (χ1v) is 8.97. The number of nitrogens with one attached hydrogen (secondary N) is 1. The highest BCUT2D eigenvalue weighted by atomic mass is 16.2. The molecule has 2 aliphatic rings. The van der Waals surface area contributed by atoms with E-state index >= 15 is 0 Å². The van der Waals surface area contributed by atoms with E-state index < -0.39 is 0 Å². The average Bonchev–Trinajstić information content (AvgIpc) is 2.94. The van der Waals surface area contributed by atoms with E-state index in [4.69, 9.17) is 0 Å². The summed E-state index contributed by atoms with van der Waals surface area (Å²) in [6, 6.07) is 1.28. The zero-order chi connectivity index (χ0) is 16.2. The molecule has 0 spiro atoms. The second-order valence-electron chi connectivity index (χ2n) is 6.91. The highest BCUT2D eigenvalue weighted by Crippen LogP contribution is 2.24. The van der Waals surface area contributed by atoms with E-state index in [-0.39, 0.29) is 6.03 Å². The zero-order valence-electron chi connectivity index (χ0n) is 14.4. The van der Waals surface area contributed by atoms with Gasteiger partial charge >= 0.3 is 6.03 Å². The molecule has 0 aliphatic carbocycles. The van der Waals surface area contributed by atoms with Gasteiger partial charge in [-0.2, -0.15) is 5.10 Å². The van der Waals surface area contributed by atoms with Crippen LogP contribution >= 0.6 is 0 Å². The number of carbonyl (C=O) groups excluding carboxylic acids is 1. The summed E-state index contributed by atoms with van der Waals surface area (Å²) in [6.07, 6.45) is 8.86. The molecule has 1 aromatic heterocycles. The highest BCUT2D eigenvalue weighted by molar-refractivity contribution is 5.75. The van der Waals surface area contributed by atoms with Gasteiger partial charge in [0.1, 0.15) is 0 Å². The van der Waals surface area contributed by atoms with Gasteiger partial charge in [-0.15, -0.1) is 0 Å². The number of hydrogen-bond acceptors (Lipinski definition) is 3. The van der Waals surface area contributed by atoms with Crippen molar-refractivity contribution in [3.63, 3.8) is 0 Å². The predicted octanol–water partition coefficient (Wildman–Crippen LogP) is 2.06. The summed E-state index contributed by atoms with van der Waals surface area (Å²) in [6.45, 7) is 8.86. The van der Waals surface area contributed by atoms with Crippen LogP contribution in [0.5, 0.6) is 0 Å². The SMILES string of the molecule is CCCn1cc(CNC(=O)N2CC(N3CCCCC3C)C2)cn1. The van der Waals surface area contributed by atoms with Crippen LogP contribution in [0.1, 0.15) is 45.1 Å². The molecule has 1 atom stereocenters. The standard InChI is InChI=1S/C17H29N5O/c1-3-7-21-11-15(10-19-21)9-18-17(23)20-12-16(13-20)22-8-5-4-6-14(22)2/h10-11,14,16H,3-9,12-13H2,1-2H3,(H,18,23). The summed E-state index contributed by atoms with van der Waals surface area (Å²) in [4.78, 5) is 16.7. The van der Waals surface area contributed by atoms with Crippen LogP contribution in [0.4, 0.5) is 4.79 Å². The number of amides is 2. The van der Waals surface area contributed by atoms with E-state index in [1.807, 2.05) is 22.0 Å². The van der Waals surface area contributed by atoms with Crippen molar-refractivity contribution in [1.29, 1.82) is 0 Å². The van der Waals surface area contributed by atoms with Gasteiger partial charge in [-0.25, -0.2) is 4.79 Å². The molecular formula is C17H29N5O. The summed E-state index contributed by atoms with van der Waals surface area (Å²) < 4.78 is 1.93. The van der Waals surface area contributed by atoms with Gasteiger partial charge in [-0.05, 0) is 32.7 Å². The quantitative estimate of drug-likeness (QED) is 0.904. The summed E-state index contributed by atoms with van der Waals surface area (Å²) in [7, 11) is 0. The molecule has 128 valence electrons. The van der Waals surface area contributed by atoms with Crippen LogP contribution in [0.3, 0.4) is 0 Å². The molecule has 2 aliphatic heterocycles. The molecular weight excluding hydrogens is 290 g/mol. The normalized spacial score (nSPS) is 22.9. The molecule has 2 amide bonds. The molecule has 0 radical (unpaired) electrons. The van der Waals surface area contributed by atoms with Crippen LogP contribution in [0.2, 0.25) is 0 Å². The Morgan fingerprint density at radius 1 is 1.39 bits per heavy atom. The van der Waals surface area contributed by atoms with E-state index in [1.54, 1.807) is 0 Å². The van der Waals surface area contributed by atoms with Gasteiger partial charge in [0.15, 0.2) is 0 Å². The Hall–Kier alpha value is -1.56. The number of likely N-dealkylation sites (tertiary alicyclic amines) is 2. The van der Waals surface area contributed by atoms with Crippen molar-refractivity contribution in [3.05, 3.63) is 18.0 Å². The van der Waals surface area contributed by atoms with Crippen LogP contribution in [0.25, 0.3) is 0 Å². The highest BCUT2D eigenvalue weighted by Gasteiger charge is 2.37. The van der Waals surface area contributed by atoms with Crippen LogP contribution in [-0.4, -0.2) is 57.3 Å². The Bertz CT molecular complexity index is 523. The minimum absolute atomic E-state index is 0.0501. The van der Waals surface area contributed by atoms with Gasteiger partial charge in [-0.3, -0.25) is 9.58 Å². The minimum atomic E-state index is 0.0501. The van der Waals surface area contributed by atoms with Gasteiger partial charge in [-0.1, -0.05) is 13.3 Å². The molecule has 23 heavy (non-hydrogen) atoms. The first-order chi connectivity index (χ1) is 11.2. The van der Waals surface area contributed by atoms with Gasteiger partial charge in [0, 0.05) is 50.0 Å². The first-order valence-electron chi connectivity index (χ1n) is 8.97. The van der Waals surface area contributed by atoms with Gasteiger partial charge in [0.2, 0.25) is 0 Å². The van der Waals surface area contributed by atoms with E-state index in [1.165, 1.54) is 25.8 Å². The van der Waals surface area contributed by atoms with Crippen molar-refractivity contribution >= 4 is 6.03 Å². The fourth-order valence-corrected chi connectivity index (χ4v) is 3.63.